The number of rotatable bonds is 6. The molecule has 10 heteroatoms. The first-order chi connectivity index (χ1) is 13.6. The van der Waals surface area contributed by atoms with Gasteiger partial charge in [-0.2, -0.15) is 0 Å². The topological polar surface area (TPSA) is 118 Å². The number of aromatic nitrogens is 2. The first-order valence-electron chi connectivity index (χ1n) is 9.50. The molecule has 2 aliphatic carbocycles. The molecule has 3 atom stereocenters. The second-order valence-electron chi connectivity index (χ2n) is 8.35. The third-order valence-electron chi connectivity index (χ3n) is 6.27. The molecule has 8 nitrogen and oxygen atoms in total. The first-order valence-corrected chi connectivity index (χ1v) is 11.8. The van der Waals surface area contributed by atoms with E-state index < -0.39 is 15.4 Å². The molecule has 29 heavy (non-hydrogen) atoms. The van der Waals surface area contributed by atoms with Gasteiger partial charge in [-0.25, -0.2) is 18.4 Å². The van der Waals surface area contributed by atoms with Gasteiger partial charge < -0.3 is 4.74 Å². The van der Waals surface area contributed by atoms with Gasteiger partial charge in [0.2, 0.25) is 5.88 Å². The van der Waals surface area contributed by atoms with Crippen LogP contribution in [0.4, 0.5) is 0 Å². The van der Waals surface area contributed by atoms with Crippen molar-refractivity contribution in [1.82, 2.24) is 9.97 Å². The summed E-state index contributed by atoms with van der Waals surface area (Å²) in [6.45, 7) is 4.06. The predicted molar refractivity (Wildman–Crippen MR) is 111 cm³/mol. The third kappa shape index (κ3) is 3.63. The Balaban J connectivity index is 1.73. The summed E-state index contributed by atoms with van der Waals surface area (Å²) in [6, 6.07) is 1.74. The van der Waals surface area contributed by atoms with Gasteiger partial charge in [0.1, 0.15) is 11.3 Å². The second kappa shape index (κ2) is 7.00. The van der Waals surface area contributed by atoms with Crippen molar-refractivity contribution < 1.29 is 13.2 Å². The van der Waals surface area contributed by atoms with Crippen LogP contribution in [0, 0.1) is 11.8 Å². The summed E-state index contributed by atoms with van der Waals surface area (Å²) in [4.78, 5) is 11.7. The summed E-state index contributed by atoms with van der Waals surface area (Å²) in [5, 5.41) is 5.55. The molecule has 0 N–H and O–H groups in total. The number of ether oxygens (including phenoxy) is 1. The molecule has 0 amide bonds. The normalized spacial score (nSPS) is 28.1. The van der Waals surface area contributed by atoms with E-state index in [4.69, 9.17) is 16.3 Å². The quantitative estimate of drug-likeness (QED) is 0.288. The van der Waals surface area contributed by atoms with Crippen LogP contribution in [-0.4, -0.2) is 36.0 Å². The van der Waals surface area contributed by atoms with Crippen molar-refractivity contribution in [1.29, 1.82) is 0 Å². The molecule has 4 rings (SSSR count). The fourth-order valence-corrected chi connectivity index (χ4v) is 5.52. The zero-order valence-corrected chi connectivity index (χ0v) is 18.0. The van der Waals surface area contributed by atoms with Gasteiger partial charge in [-0.15, -0.1) is 0 Å². The van der Waals surface area contributed by atoms with E-state index in [2.05, 4.69) is 26.9 Å². The zero-order valence-electron chi connectivity index (χ0n) is 16.4. The van der Waals surface area contributed by atoms with Gasteiger partial charge in [-0.3, -0.25) is 0 Å². The molecule has 0 saturated heterocycles. The zero-order chi connectivity index (χ0) is 21.0. The highest BCUT2D eigenvalue weighted by atomic mass is 35.5. The third-order valence-corrected chi connectivity index (χ3v) is 8.07. The number of azide groups is 1. The van der Waals surface area contributed by atoms with E-state index in [0.717, 1.165) is 17.4 Å². The number of halogens is 1. The van der Waals surface area contributed by atoms with E-state index in [1.807, 2.05) is 6.92 Å². The summed E-state index contributed by atoms with van der Waals surface area (Å²) in [5.74, 6) is 1.07. The fourth-order valence-electron chi connectivity index (χ4n) is 4.23. The van der Waals surface area contributed by atoms with Gasteiger partial charge in [0.25, 0.3) is 0 Å². The monoisotopic (exact) mass is 435 g/mol. The molecule has 0 bridgehead atoms. The molecule has 154 valence electrons. The lowest BCUT2D eigenvalue weighted by Gasteiger charge is -2.34. The number of hydrogen-bond acceptors (Lipinski definition) is 6. The van der Waals surface area contributed by atoms with Crippen LogP contribution in [0.25, 0.3) is 21.2 Å². The highest BCUT2D eigenvalue weighted by Gasteiger charge is 2.49. The molecule has 0 radical (unpaired) electrons. The molecule has 2 aromatic rings. The fraction of sp³-hybridized carbons (Fsp3) is 0.579. The Bertz CT molecular complexity index is 1130. The second-order valence-corrected chi connectivity index (χ2v) is 11.1. The van der Waals surface area contributed by atoms with E-state index in [-0.39, 0.29) is 17.3 Å². The van der Waals surface area contributed by atoms with Crippen LogP contribution >= 0.6 is 11.6 Å². The van der Waals surface area contributed by atoms with Crippen molar-refractivity contribution in [3.63, 3.8) is 0 Å². The van der Waals surface area contributed by atoms with Crippen molar-refractivity contribution in [2.24, 2.45) is 17.0 Å². The highest BCUT2D eigenvalue weighted by Crippen LogP contribution is 2.54. The standard InChI is InChI=1S/C19H22ClN5O3S/c1-10-4-15(10)19(2,24-25-21)16-9-23-18(14-8-22-17(20)7-13(14)16)28-11-5-12(6-11)29(3,26)27/h7-12,15H,4-6H2,1-3H3/t10-,11?,12?,15?,19?/m1/s1. The number of sulfone groups is 1. The Morgan fingerprint density at radius 2 is 1.97 bits per heavy atom. The maximum absolute atomic E-state index is 11.6. The Hall–Kier alpha value is -2.09. The minimum absolute atomic E-state index is 0.209. The van der Waals surface area contributed by atoms with Crippen molar-refractivity contribution in [2.75, 3.05) is 6.26 Å². The lowest BCUT2D eigenvalue weighted by Crippen LogP contribution is -2.42. The van der Waals surface area contributed by atoms with Crippen LogP contribution in [0.15, 0.2) is 23.6 Å². The maximum atomic E-state index is 11.6. The lowest BCUT2D eigenvalue weighted by atomic mass is 9.85. The van der Waals surface area contributed by atoms with Crippen LogP contribution in [0.5, 0.6) is 5.88 Å². The molecular formula is C19H22ClN5O3S. The summed E-state index contributed by atoms with van der Waals surface area (Å²) in [7, 11) is -3.06. The Morgan fingerprint density at radius 1 is 1.28 bits per heavy atom. The summed E-state index contributed by atoms with van der Waals surface area (Å²) in [5.41, 5.74) is 9.22. The molecular weight excluding hydrogens is 414 g/mol. The van der Waals surface area contributed by atoms with Crippen LogP contribution in [0.2, 0.25) is 5.15 Å². The molecule has 0 spiro atoms. The van der Waals surface area contributed by atoms with E-state index in [9.17, 15) is 13.9 Å². The number of nitrogens with zero attached hydrogens (tertiary/aromatic N) is 5. The average molecular weight is 436 g/mol. The van der Waals surface area contributed by atoms with Crippen molar-refractivity contribution in [3.8, 4) is 5.88 Å². The average Bonchev–Trinajstić information content (AvgIpc) is 3.33. The van der Waals surface area contributed by atoms with Gasteiger partial charge >= 0.3 is 0 Å². The van der Waals surface area contributed by atoms with Crippen molar-refractivity contribution in [3.05, 3.63) is 39.6 Å². The Labute approximate surface area is 174 Å². The van der Waals surface area contributed by atoms with Crippen LogP contribution in [0.3, 0.4) is 0 Å². The molecule has 0 aromatic carbocycles. The van der Waals surface area contributed by atoms with E-state index >= 15 is 0 Å². The SMILES string of the molecule is C[C@@H]1CC1C(C)(N=[N+]=[N-])c1cnc(OC2CC(S(C)(=O)=O)C2)c2cnc(Cl)cc12. The minimum Gasteiger partial charge on any atom is -0.474 e. The molecule has 2 aromatic heterocycles. The van der Waals surface area contributed by atoms with Crippen LogP contribution < -0.4 is 4.74 Å². The van der Waals surface area contributed by atoms with Crippen LogP contribution in [-0.2, 0) is 15.4 Å². The molecule has 2 saturated carbocycles. The summed E-state index contributed by atoms with van der Waals surface area (Å²) in [6.07, 6.45) is 6.19. The van der Waals surface area contributed by atoms with Gasteiger partial charge in [-0.05, 0) is 47.7 Å². The van der Waals surface area contributed by atoms with E-state index in [1.54, 1.807) is 18.5 Å². The van der Waals surface area contributed by atoms with Gasteiger partial charge in [0.05, 0.1) is 16.2 Å². The maximum Gasteiger partial charge on any atom is 0.223 e. The Morgan fingerprint density at radius 3 is 2.55 bits per heavy atom. The molecule has 2 aliphatic rings. The number of fused-ring (bicyclic) bond motifs is 1. The van der Waals surface area contributed by atoms with Crippen molar-refractivity contribution in [2.45, 2.75) is 50.0 Å². The van der Waals surface area contributed by atoms with E-state index in [1.165, 1.54) is 6.26 Å². The van der Waals surface area contributed by atoms with Crippen molar-refractivity contribution >= 4 is 32.2 Å². The summed E-state index contributed by atoms with van der Waals surface area (Å²) >= 11 is 6.17. The predicted octanol–water partition coefficient (Wildman–Crippen LogP) is 4.42. The highest BCUT2D eigenvalue weighted by molar-refractivity contribution is 7.91. The molecule has 2 unspecified atom stereocenters. The Kier molecular flexibility index (Phi) is 4.88. The smallest absolute Gasteiger partial charge is 0.223 e. The van der Waals surface area contributed by atoms with E-state index in [0.29, 0.717) is 35.2 Å². The van der Waals surface area contributed by atoms with Gasteiger partial charge in [0.15, 0.2) is 9.84 Å². The molecule has 2 fully saturated rings. The molecule has 0 aliphatic heterocycles. The number of pyridine rings is 2. The first kappa shape index (κ1) is 20.2. The van der Waals surface area contributed by atoms with Gasteiger partial charge in [-0.1, -0.05) is 23.6 Å². The molecule has 2 heterocycles. The number of hydrogen-bond donors (Lipinski definition) is 0. The largest absolute Gasteiger partial charge is 0.474 e. The minimum atomic E-state index is -3.06. The van der Waals surface area contributed by atoms with Gasteiger partial charge in [0, 0.05) is 36.4 Å². The summed E-state index contributed by atoms with van der Waals surface area (Å²) < 4.78 is 29.3. The van der Waals surface area contributed by atoms with Crippen LogP contribution in [0.1, 0.15) is 38.7 Å². The lowest BCUT2D eigenvalue weighted by molar-refractivity contribution is 0.119.